The van der Waals surface area contributed by atoms with E-state index in [0.717, 1.165) is 32.7 Å². The fourth-order valence-electron chi connectivity index (χ4n) is 2.79. The number of benzene rings is 1. The fourth-order valence-corrected chi connectivity index (χ4v) is 2.79. The van der Waals surface area contributed by atoms with Gasteiger partial charge in [0.1, 0.15) is 11.6 Å². The van der Waals surface area contributed by atoms with Crippen LogP contribution in [0.2, 0.25) is 0 Å². The Labute approximate surface area is 159 Å². The molecule has 2 rings (SSSR count). The minimum absolute atomic E-state index is 0.0130. The van der Waals surface area contributed by atoms with Crippen LogP contribution in [0.25, 0.3) is 0 Å². The van der Waals surface area contributed by atoms with Crippen molar-refractivity contribution in [2.75, 3.05) is 51.2 Å². The van der Waals surface area contributed by atoms with Crippen LogP contribution in [0.4, 0.5) is 5.69 Å². The number of nitrogens with zero attached hydrogens (tertiary/aromatic N) is 3. The zero-order valence-corrected chi connectivity index (χ0v) is 15.5. The molecule has 0 unspecified atom stereocenters. The Kier molecular flexibility index (Phi) is 7.79. The molecular formula is C19H25N5O3. The number of hydrogen-bond donors (Lipinski definition) is 2. The summed E-state index contributed by atoms with van der Waals surface area (Å²) in [7, 11) is 0. The largest absolute Gasteiger partial charge is 0.462 e. The molecule has 1 saturated heterocycles. The Morgan fingerprint density at radius 3 is 2.63 bits per heavy atom. The lowest BCUT2D eigenvalue weighted by Crippen LogP contribution is -2.45. The normalized spacial score (nSPS) is 15.1. The number of amides is 1. The van der Waals surface area contributed by atoms with Crippen molar-refractivity contribution in [1.29, 1.82) is 5.26 Å². The van der Waals surface area contributed by atoms with E-state index in [9.17, 15) is 14.9 Å². The molecule has 3 N–H and O–H groups in total. The van der Waals surface area contributed by atoms with Crippen LogP contribution in [-0.4, -0.2) is 67.6 Å². The van der Waals surface area contributed by atoms with E-state index < -0.39 is 11.9 Å². The van der Waals surface area contributed by atoms with Gasteiger partial charge in [-0.25, -0.2) is 4.79 Å². The molecule has 1 aromatic rings. The van der Waals surface area contributed by atoms with E-state index in [1.54, 1.807) is 37.4 Å². The first-order valence-corrected chi connectivity index (χ1v) is 8.95. The van der Waals surface area contributed by atoms with E-state index >= 15 is 0 Å². The second-order valence-corrected chi connectivity index (χ2v) is 6.04. The summed E-state index contributed by atoms with van der Waals surface area (Å²) in [4.78, 5) is 28.7. The van der Waals surface area contributed by atoms with Gasteiger partial charge in [0.05, 0.1) is 17.9 Å². The average molecular weight is 371 g/mol. The molecule has 0 radical (unpaired) electrons. The first-order valence-electron chi connectivity index (χ1n) is 8.95. The number of ether oxygens (including phenoxy) is 1. The number of carbonyl (C=O) groups excluding carboxylic acids is 2. The van der Waals surface area contributed by atoms with Gasteiger partial charge in [-0.15, -0.1) is 0 Å². The lowest BCUT2D eigenvalue weighted by atomic mass is 10.1. The number of nitriles is 1. The number of piperazine rings is 1. The van der Waals surface area contributed by atoms with Crippen molar-refractivity contribution in [1.82, 2.24) is 9.80 Å². The second-order valence-electron chi connectivity index (χ2n) is 6.04. The van der Waals surface area contributed by atoms with Crippen LogP contribution < -0.4 is 11.1 Å². The molecule has 1 heterocycles. The number of nitrogens with one attached hydrogen (secondary N) is 1. The summed E-state index contributed by atoms with van der Waals surface area (Å²) < 4.78 is 5.00. The van der Waals surface area contributed by atoms with E-state index in [1.807, 2.05) is 11.0 Å². The van der Waals surface area contributed by atoms with E-state index in [1.165, 1.54) is 0 Å². The highest BCUT2D eigenvalue weighted by molar-refractivity contribution is 6.09. The smallest absolute Gasteiger partial charge is 0.340 e. The van der Waals surface area contributed by atoms with Gasteiger partial charge < -0.3 is 20.7 Å². The molecule has 8 nitrogen and oxygen atoms in total. The summed E-state index contributed by atoms with van der Waals surface area (Å²) in [5, 5.41) is 12.0. The molecule has 0 spiro atoms. The van der Waals surface area contributed by atoms with Gasteiger partial charge in [0, 0.05) is 45.5 Å². The number of nitrogens with two attached hydrogens (primary N) is 1. The molecule has 1 amide bonds. The van der Waals surface area contributed by atoms with Crippen LogP contribution >= 0.6 is 0 Å². The molecule has 1 fully saturated rings. The quantitative estimate of drug-likeness (QED) is 0.414. The first-order chi connectivity index (χ1) is 13.1. The molecule has 0 aromatic heterocycles. The molecule has 0 bridgehead atoms. The highest BCUT2D eigenvalue weighted by Gasteiger charge is 2.19. The number of hydrogen-bond acceptors (Lipinski definition) is 7. The summed E-state index contributed by atoms with van der Waals surface area (Å²) >= 11 is 0. The molecule has 0 atom stereocenters. The SMILES string of the molecule is CCOC(=O)c1ccccc1NC(=O)/C(C#N)=C\N1CCN(CCN)CC1. The standard InChI is InChI=1S/C19H25N5O3/c1-2-27-19(26)16-5-3-4-6-17(16)22-18(25)15(13-21)14-24-11-9-23(8-7-20)10-12-24/h3-6,14H,2,7-12,20H2,1H3,(H,22,25)/b15-14-. The minimum atomic E-state index is -0.557. The Morgan fingerprint density at radius 1 is 1.30 bits per heavy atom. The van der Waals surface area contributed by atoms with Gasteiger partial charge in [0.25, 0.3) is 5.91 Å². The Balaban J connectivity index is 2.06. The lowest BCUT2D eigenvalue weighted by molar-refractivity contribution is -0.112. The Bertz CT molecular complexity index is 733. The summed E-state index contributed by atoms with van der Waals surface area (Å²) in [5.41, 5.74) is 6.12. The number of para-hydroxylation sites is 1. The predicted octanol–water partition coefficient (Wildman–Crippen LogP) is 0.786. The van der Waals surface area contributed by atoms with Gasteiger partial charge in [-0.1, -0.05) is 12.1 Å². The third-order valence-electron chi connectivity index (χ3n) is 4.20. The average Bonchev–Trinajstić information content (AvgIpc) is 2.68. The van der Waals surface area contributed by atoms with Crippen LogP contribution in [0.15, 0.2) is 36.0 Å². The van der Waals surface area contributed by atoms with E-state index in [2.05, 4.69) is 10.2 Å². The maximum atomic E-state index is 12.5. The Hall–Kier alpha value is -2.89. The van der Waals surface area contributed by atoms with Crippen molar-refractivity contribution in [2.45, 2.75) is 6.92 Å². The van der Waals surface area contributed by atoms with Crippen LogP contribution in [0, 0.1) is 11.3 Å². The van der Waals surface area contributed by atoms with Crippen LogP contribution in [0.3, 0.4) is 0 Å². The van der Waals surface area contributed by atoms with Crippen molar-refractivity contribution in [3.05, 3.63) is 41.6 Å². The van der Waals surface area contributed by atoms with Crippen molar-refractivity contribution in [2.24, 2.45) is 5.73 Å². The number of carbonyl (C=O) groups is 2. The lowest BCUT2D eigenvalue weighted by Gasteiger charge is -2.33. The molecule has 144 valence electrons. The summed E-state index contributed by atoms with van der Waals surface area (Å²) in [6, 6.07) is 8.49. The molecule has 0 aliphatic carbocycles. The predicted molar refractivity (Wildman–Crippen MR) is 102 cm³/mol. The van der Waals surface area contributed by atoms with E-state index in [-0.39, 0.29) is 17.7 Å². The summed E-state index contributed by atoms with van der Waals surface area (Å²) in [6.07, 6.45) is 1.57. The molecule has 27 heavy (non-hydrogen) atoms. The number of anilines is 1. The molecular weight excluding hydrogens is 346 g/mol. The number of rotatable bonds is 7. The zero-order valence-electron chi connectivity index (χ0n) is 15.5. The van der Waals surface area contributed by atoms with Crippen molar-refractivity contribution >= 4 is 17.6 Å². The van der Waals surface area contributed by atoms with Crippen molar-refractivity contribution in [3.63, 3.8) is 0 Å². The van der Waals surface area contributed by atoms with Crippen molar-refractivity contribution in [3.8, 4) is 6.07 Å². The topological polar surface area (TPSA) is 112 Å². The summed E-state index contributed by atoms with van der Waals surface area (Å²) in [5.74, 6) is -1.08. The van der Waals surface area contributed by atoms with Crippen LogP contribution in [-0.2, 0) is 9.53 Å². The second kappa shape index (κ2) is 10.3. The van der Waals surface area contributed by atoms with Crippen molar-refractivity contribution < 1.29 is 14.3 Å². The monoisotopic (exact) mass is 371 g/mol. The molecule has 1 aliphatic rings. The van der Waals surface area contributed by atoms with Gasteiger partial charge in [-0.05, 0) is 19.1 Å². The van der Waals surface area contributed by atoms with Crippen LogP contribution in [0.5, 0.6) is 0 Å². The maximum absolute atomic E-state index is 12.5. The highest BCUT2D eigenvalue weighted by Crippen LogP contribution is 2.17. The molecule has 1 aromatic carbocycles. The minimum Gasteiger partial charge on any atom is -0.462 e. The molecule has 0 saturated carbocycles. The van der Waals surface area contributed by atoms with E-state index in [0.29, 0.717) is 12.2 Å². The van der Waals surface area contributed by atoms with Gasteiger partial charge in [0.2, 0.25) is 0 Å². The molecule has 8 heteroatoms. The number of esters is 1. The van der Waals surface area contributed by atoms with Gasteiger partial charge in [-0.2, -0.15) is 5.26 Å². The van der Waals surface area contributed by atoms with E-state index in [4.69, 9.17) is 10.5 Å². The zero-order chi connectivity index (χ0) is 19.6. The third kappa shape index (κ3) is 5.81. The molecule has 1 aliphatic heterocycles. The Morgan fingerprint density at radius 2 is 2.00 bits per heavy atom. The summed E-state index contributed by atoms with van der Waals surface area (Å²) in [6.45, 7) is 6.51. The van der Waals surface area contributed by atoms with Crippen LogP contribution in [0.1, 0.15) is 17.3 Å². The highest BCUT2D eigenvalue weighted by atomic mass is 16.5. The van der Waals surface area contributed by atoms with Gasteiger partial charge in [0.15, 0.2) is 0 Å². The first kappa shape index (κ1) is 20.4. The van der Waals surface area contributed by atoms with Gasteiger partial charge in [-0.3, -0.25) is 9.69 Å². The third-order valence-corrected chi connectivity index (χ3v) is 4.20. The maximum Gasteiger partial charge on any atom is 0.340 e. The fraction of sp³-hybridized carbons (Fsp3) is 0.421. The van der Waals surface area contributed by atoms with Gasteiger partial charge >= 0.3 is 5.97 Å².